The molecule has 0 radical (unpaired) electrons. The van der Waals surface area contributed by atoms with Crippen molar-refractivity contribution in [1.29, 1.82) is 0 Å². The number of methoxy groups -OCH3 is 1. The zero-order chi connectivity index (χ0) is 19.2. The van der Waals surface area contributed by atoms with Crippen LogP contribution in [0.15, 0.2) is 24.3 Å². The van der Waals surface area contributed by atoms with E-state index < -0.39 is 5.41 Å². The Morgan fingerprint density at radius 3 is 2.35 bits per heavy atom. The number of carbonyl (C=O) groups excluding carboxylic acids is 2. The summed E-state index contributed by atoms with van der Waals surface area (Å²) in [6.07, 6.45) is 1.54. The monoisotopic (exact) mass is 361 g/mol. The van der Waals surface area contributed by atoms with Crippen molar-refractivity contribution >= 4 is 17.5 Å². The van der Waals surface area contributed by atoms with Gasteiger partial charge in [0.2, 0.25) is 11.8 Å². The number of benzene rings is 1. The highest BCUT2D eigenvalue weighted by Gasteiger charge is 2.39. The summed E-state index contributed by atoms with van der Waals surface area (Å²) in [5, 5.41) is 6.33. The normalized spacial score (nSPS) is 16.3. The lowest BCUT2D eigenvalue weighted by Crippen LogP contribution is -2.47. The minimum absolute atomic E-state index is 0.0149. The van der Waals surface area contributed by atoms with Crippen molar-refractivity contribution in [3.63, 3.8) is 0 Å². The summed E-state index contributed by atoms with van der Waals surface area (Å²) in [6, 6.07) is 7.86. The van der Waals surface area contributed by atoms with E-state index in [0.29, 0.717) is 13.2 Å². The molecular formula is C20H31N3O3. The molecule has 6 nitrogen and oxygen atoms in total. The first kappa shape index (κ1) is 20.4. The van der Waals surface area contributed by atoms with Crippen molar-refractivity contribution in [2.24, 2.45) is 5.41 Å². The molecule has 1 heterocycles. The third kappa shape index (κ3) is 5.05. The van der Waals surface area contributed by atoms with Crippen molar-refractivity contribution in [2.75, 3.05) is 32.1 Å². The van der Waals surface area contributed by atoms with E-state index in [9.17, 15) is 9.59 Å². The van der Waals surface area contributed by atoms with E-state index in [4.69, 9.17) is 4.74 Å². The summed E-state index contributed by atoms with van der Waals surface area (Å²) in [5.74, 6) is 0.0749. The Balaban J connectivity index is 2.03. The summed E-state index contributed by atoms with van der Waals surface area (Å²) >= 11 is 0. The quantitative estimate of drug-likeness (QED) is 0.782. The highest BCUT2D eigenvalue weighted by molar-refractivity contribution is 5.95. The summed E-state index contributed by atoms with van der Waals surface area (Å²) < 4.78 is 5.33. The molecule has 26 heavy (non-hydrogen) atoms. The van der Waals surface area contributed by atoms with Crippen LogP contribution in [0, 0.1) is 5.41 Å². The Labute approximate surface area is 156 Å². The van der Waals surface area contributed by atoms with Gasteiger partial charge in [-0.05, 0) is 57.5 Å². The zero-order valence-corrected chi connectivity index (χ0v) is 16.3. The predicted molar refractivity (Wildman–Crippen MR) is 103 cm³/mol. The van der Waals surface area contributed by atoms with Crippen LogP contribution in [-0.4, -0.2) is 49.6 Å². The Bertz CT molecular complexity index is 602. The van der Waals surface area contributed by atoms with Crippen LogP contribution in [0.1, 0.15) is 39.2 Å². The largest absolute Gasteiger partial charge is 0.384 e. The molecule has 0 atom stereocenters. The Morgan fingerprint density at radius 1 is 1.23 bits per heavy atom. The van der Waals surface area contributed by atoms with Crippen LogP contribution in [0.5, 0.6) is 0 Å². The maximum absolute atomic E-state index is 12.8. The number of piperidine rings is 1. The van der Waals surface area contributed by atoms with Gasteiger partial charge in [0.1, 0.15) is 0 Å². The van der Waals surface area contributed by atoms with Crippen molar-refractivity contribution in [2.45, 2.75) is 46.2 Å². The summed E-state index contributed by atoms with van der Waals surface area (Å²) in [7, 11) is 1.64. The Hall–Kier alpha value is -1.92. The van der Waals surface area contributed by atoms with E-state index in [1.807, 2.05) is 43.0 Å². The van der Waals surface area contributed by atoms with Crippen molar-refractivity contribution < 1.29 is 14.3 Å². The van der Waals surface area contributed by atoms with Crippen LogP contribution in [0.3, 0.4) is 0 Å². The third-order valence-corrected chi connectivity index (χ3v) is 5.06. The minimum atomic E-state index is -0.470. The van der Waals surface area contributed by atoms with E-state index in [2.05, 4.69) is 10.6 Å². The number of carbonyl (C=O) groups is 2. The number of hydrogen-bond acceptors (Lipinski definition) is 4. The van der Waals surface area contributed by atoms with Gasteiger partial charge in [0, 0.05) is 32.3 Å². The van der Waals surface area contributed by atoms with Crippen LogP contribution in [0.2, 0.25) is 0 Å². The van der Waals surface area contributed by atoms with Crippen LogP contribution >= 0.6 is 0 Å². The molecule has 0 aliphatic carbocycles. The minimum Gasteiger partial charge on any atom is -0.384 e. The molecule has 2 rings (SSSR count). The molecule has 1 aliphatic rings. The average Bonchev–Trinajstić information content (AvgIpc) is 2.61. The van der Waals surface area contributed by atoms with Crippen molar-refractivity contribution in [3.05, 3.63) is 29.8 Å². The van der Waals surface area contributed by atoms with E-state index >= 15 is 0 Å². The first-order valence-corrected chi connectivity index (χ1v) is 9.25. The topological polar surface area (TPSA) is 70.7 Å². The molecule has 0 unspecified atom stereocenters. The third-order valence-electron chi connectivity index (χ3n) is 5.06. The number of nitrogens with zero attached hydrogens (tertiary/aromatic N) is 1. The van der Waals surface area contributed by atoms with E-state index in [1.54, 1.807) is 14.0 Å². The molecule has 0 spiro atoms. The fourth-order valence-electron chi connectivity index (χ4n) is 3.43. The number of rotatable bonds is 7. The summed E-state index contributed by atoms with van der Waals surface area (Å²) in [4.78, 5) is 26.4. The van der Waals surface area contributed by atoms with Crippen LogP contribution in [0.4, 0.5) is 5.69 Å². The fraction of sp³-hybridized carbons (Fsp3) is 0.600. The maximum atomic E-state index is 12.8. The van der Waals surface area contributed by atoms with Gasteiger partial charge in [0.25, 0.3) is 0 Å². The molecule has 144 valence electrons. The molecule has 1 fully saturated rings. The molecule has 2 amide bonds. The molecule has 0 aromatic heterocycles. The van der Waals surface area contributed by atoms with Gasteiger partial charge in [0.05, 0.1) is 12.0 Å². The molecule has 1 aliphatic heterocycles. The Kier molecular flexibility index (Phi) is 7.17. The molecule has 0 saturated carbocycles. The van der Waals surface area contributed by atoms with Gasteiger partial charge in [-0.3, -0.25) is 9.59 Å². The lowest BCUT2D eigenvalue weighted by Gasteiger charge is -2.35. The van der Waals surface area contributed by atoms with Gasteiger partial charge < -0.3 is 20.3 Å². The lowest BCUT2D eigenvalue weighted by molar-refractivity contribution is -0.131. The maximum Gasteiger partial charge on any atom is 0.233 e. The van der Waals surface area contributed by atoms with Crippen LogP contribution < -0.4 is 10.6 Å². The second-order valence-corrected chi connectivity index (χ2v) is 7.36. The fourth-order valence-corrected chi connectivity index (χ4v) is 3.43. The van der Waals surface area contributed by atoms with Crippen molar-refractivity contribution in [3.8, 4) is 0 Å². The number of ether oxygens (including phenoxy) is 1. The van der Waals surface area contributed by atoms with Gasteiger partial charge in [-0.2, -0.15) is 0 Å². The number of hydrogen-bond donors (Lipinski definition) is 2. The first-order chi connectivity index (χ1) is 12.4. The van der Waals surface area contributed by atoms with Gasteiger partial charge >= 0.3 is 0 Å². The van der Waals surface area contributed by atoms with Gasteiger partial charge in [-0.15, -0.1) is 0 Å². The highest BCUT2D eigenvalue weighted by Crippen LogP contribution is 2.31. The SMILES string of the molecule is COCC1(C(=O)Nc2ccc(CN(C(C)=O)C(C)C)cc2)CCNCC1. The molecular weight excluding hydrogens is 330 g/mol. The lowest BCUT2D eigenvalue weighted by atomic mass is 9.78. The predicted octanol–water partition coefficient (Wildman–Crippen LogP) is 2.40. The van der Waals surface area contributed by atoms with Crippen LogP contribution in [0.25, 0.3) is 0 Å². The molecule has 0 bridgehead atoms. The first-order valence-electron chi connectivity index (χ1n) is 9.25. The smallest absolute Gasteiger partial charge is 0.233 e. The second-order valence-electron chi connectivity index (χ2n) is 7.36. The number of anilines is 1. The summed E-state index contributed by atoms with van der Waals surface area (Å²) in [6.45, 7) is 8.25. The molecule has 2 N–H and O–H groups in total. The molecule has 6 heteroatoms. The standard InChI is InChI=1S/C20H31N3O3/c1-15(2)23(16(3)24)13-17-5-7-18(8-6-17)22-19(25)20(14-26-4)9-11-21-12-10-20/h5-8,15,21H,9-14H2,1-4H3,(H,22,25). The van der Waals surface area contributed by atoms with Gasteiger partial charge in [0.15, 0.2) is 0 Å². The molecule has 1 aromatic carbocycles. The molecule has 1 aromatic rings. The average molecular weight is 361 g/mol. The zero-order valence-electron chi connectivity index (χ0n) is 16.3. The number of amides is 2. The molecule has 1 saturated heterocycles. The van der Waals surface area contributed by atoms with Gasteiger partial charge in [-0.1, -0.05) is 12.1 Å². The Morgan fingerprint density at radius 2 is 1.85 bits per heavy atom. The highest BCUT2D eigenvalue weighted by atomic mass is 16.5. The van der Waals surface area contributed by atoms with Gasteiger partial charge in [-0.25, -0.2) is 0 Å². The van der Waals surface area contributed by atoms with E-state index in [0.717, 1.165) is 37.2 Å². The summed E-state index contributed by atoms with van der Waals surface area (Å²) in [5.41, 5.74) is 1.34. The second kappa shape index (κ2) is 9.14. The number of nitrogens with one attached hydrogen (secondary N) is 2. The van der Waals surface area contributed by atoms with Crippen LogP contribution in [-0.2, 0) is 20.9 Å². The van der Waals surface area contributed by atoms with E-state index in [1.165, 1.54) is 0 Å². The van der Waals surface area contributed by atoms with E-state index in [-0.39, 0.29) is 17.9 Å². The van der Waals surface area contributed by atoms with Crippen molar-refractivity contribution in [1.82, 2.24) is 10.2 Å².